The maximum atomic E-state index is 11.0. The van der Waals surface area contributed by atoms with E-state index in [1.54, 1.807) is 18.2 Å². The molecule has 0 aromatic heterocycles. The summed E-state index contributed by atoms with van der Waals surface area (Å²) < 4.78 is 0. The summed E-state index contributed by atoms with van der Waals surface area (Å²) >= 11 is 0. The van der Waals surface area contributed by atoms with E-state index in [2.05, 4.69) is 0 Å². The van der Waals surface area contributed by atoms with Crippen LogP contribution < -0.4 is 0 Å². The molecule has 0 amide bonds. The van der Waals surface area contributed by atoms with Crippen molar-refractivity contribution in [3.63, 3.8) is 0 Å². The molecule has 3 atom stereocenters. The Hall–Kier alpha value is -1.50. The zero-order chi connectivity index (χ0) is 14.7. The molecule has 0 unspecified atom stereocenters. The van der Waals surface area contributed by atoms with E-state index in [0.29, 0.717) is 25.2 Å². The Kier molecular flexibility index (Phi) is 4.69. The molecule has 0 spiro atoms. The molecule has 20 heavy (non-hydrogen) atoms. The van der Waals surface area contributed by atoms with Crippen molar-refractivity contribution in [3.05, 3.63) is 39.9 Å². The van der Waals surface area contributed by atoms with Crippen molar-refractivity contribution in [2.45, 2.75) is 19.6 Å². The normalized spacial score (nSPS) is 27.4. The lowest BCUT2D eigenvalue weighted by Crippen LogP contribution is -2.49. The van der Waals surface area contributed by atoms with Crippen LogP contribution in [0.3, 0.4) is 0 Å². The zero-order valence-corrected chi connectivity index (χ0v) is 11.5. The standard InChI is InChI=1S/C14H20N2O4/c1-10-12(9-17)7-15(8-14(10)18)6-11-4-2-3-5-13(11)16(19)20/h2-5,10,12,14,17-18H,6-9H2,1H3/t10-,12-,14-/m1/s1. The second-order valence-electron chi connectivity index (χ2n) is 5.45. The number of benzene rings is 1. The fourth-order valence-corrected chi connectivity index (χ4v) is 2.73. The van der Waals surface area contributed by atoms with Gasteiger partial charge in [0.05, 0.1) is 11.0 Å². The van der Waals surface area contributed by atoms with Gasteiger partial charge < -0.3 is 10.2 Å². The molecule has 0 saturated carbocycles. The Morgan fingerprint density at radius 3 is 2.75 bits per heavy atom. The second-order valence-corrected chi connectivity index (χ2v) is 5.45. The van der Waals surface area contributed by atoms with Crippen molar-refractivity contribution >= 4 is 5.69 Å². The lowest BCUT2D eigenvalue weighted by Gasteiger charge is -2.39. The molecular formula is C14H20N2O4. The van der Waals surface area contributed by atoms with Crippen molar-refractivity contribution in [2.75, 3.05) is 19.7 Å². The van der Waals surface area contributed by atoms with E-state index in [1.807, 2.05) is 11.8 Å². The largest absolute Gasteiger partial charge is 0.396 e. The van der Waals surface area contributed by atoms with E-state index < -0.39 is 6.10 Å². The maximum absolute atomic E-state index is 11.0. The van der Waals surface area contributed by atoms with Gasteiger partial charge in [-0.3, -0.25) is 15.0 Å². The number of nitro benzene ring substituents is 1. The van der Waals surface area contributed by atoms with Gasteiger partial charge in [0.15, 0.2) is 0 Å². The second kappa shape index (κ2) is 6.30. The predicted molar refractivity (Wildman–Crippen MR) is 74.1 cm³/mol. The summed E-state index contributed by atoms with van der Waals surface area (Å²) in [7, 11) is 0. The van der Waals surface area contributed by atoms with Crippen LogP contribution in [0.5, 0.6) is 0 Å². The molecule has 1 aliphatic rings. The zero-order valence-electron chi connectivity index (χ0n) is 11.5. The first kappa shape index (κ1) is 14.9. The smallest absolute Gasteiger partial charge is 0.273 e. The molecule has 1 aromatic rings. The molecule has 2 rings (SSSR count). The van der Waals surface area contributed by atoms with Crippen LogP contribution >= 0.6 is 0 Å². The summed E-state index contributed by atoms with van der Waals surface area (Å²) in [4.78, 5) is 12.6. The molecule has 110 valence electrons. The molecule has 0 bridgehead atoms. The van der Waals surface area contributed by atoms with Gasteiger partial charge in [-0.05, 0) is 11.8 Å². The molecule has 0 radical (unpaired) electrons. The lowest BCUT2D eigenvalue weighted by atomic mass is 9.85. The monoisotopic (exact) mass is 280 g/mol. The molecule has 6 heteroatoms. The van der Waals surface area contributed by atoms with Crippen molar-refractivity contribution in [1.82, 2.24) is 4.90 Å². The molecule has 1 aliphatic heterocycles. The van der Waals surface area contributed by atoms with Crippen LogP contribution in [-0.4, -0.2) is 45.8 Å². The first-order chi connectivity index (χ1) is 9.52. The average Bonchev–Trinajstić information content (AvgIpc) is 2.43. The van der Waals surface area contributed by atoms with Gasteiger partial charge >= 0.3 is 0 Å². The summed E-state index contributed by atoms with van der Waals surface area (Å²) in [6.45, 7) is 3.47. The number of para-hydroxylation sites is 1. The highest BCUT2D eigenvalue weighted by Gasteiger charge is 2.33. The van der Waals surface area contributed by atoms with E-state index in [1.165, 1.54) is 6.07 Å². The van der Waals surface area contributed by atoms with Crippen LogP contribution in [0, 0.1) is 22.0 Å². The summed E-state index contributed by atoms with van der Waals surface area (Å²) in [5.74, 6) is 0.0449. The van der Waals surface area contributed by atoms with Crippen molar-refractivity contribution in [1.29, 1.82) is 0 Å². The van der Waals surface area contributed by atoms with Crippen LogP contribution in [0.2, 0.25) is 0 Å². The average molecular weight is 280 g/mol. The number of nitrogens with zero attached hydrogens (tertiary/aromatic N) is 2. The molecule has 6 nitrogen and oxygen atoms in total. The van der Waals surface area contributed by atoms with E-state index in [0.717, 1.165) is 0 Å². The molecule has 1 fully saturated rings. The Morgan fingerprint density at radius 2 is 2.10 bits per heavy atom. The number of hydrogen-bond acceptors (Lipinski definition) is 5. The first-order valence-corrected chi connectivity index (χ1v) is 6.76. The third kappa shape index (κ3) is 3.15. The minimum atomic E-state index is -0.510. The number of aliphatic hydroxyl groups excluding tert-OH is 2. The van der Waals surface area contributed by atoms with Crippen molar-refractivity contribution in [2.24, 2.45) is 11.8 Å². The van der Waals surface area contributed by atoms with Gasteiger partial charge in [-0.1, -0.05) is 25.1 Å². The molecule has 1 aromatic carbocycles. The fraction of sp³-hybridized carbons (Fsp3) is 0.571. The molecule has 2 N–H and O–H groups in total. The van der Waals surface area contributed by atoms with Crippen LogP contribution in [0.15, 0.2) is 24.3 Å². The Balaban J connectivity index is 2.12. The van der Waals surface area contributed by atoms with Gasteiger partial charge in [-0.2, -0.15) is 0 Å². The van der Waals surface area contributed by atoms with Crippen LogP contribution in [0.25, 0.3) is 0 Å². The Morgan fingerprint density at radius 1 is 1.40 bits per heavy atom. The summed E-state index contributed by atoms with van der Waals surface area (Å²) in [6.07, 6.45) is -0.510. The Bertz CT molecular complexity index is 480. The van der Waals surface area contributed by atoms with Crippen molar-refractivity contribution < 1.29 is 15.1 Å². The van der Waals surface area contributed by atoms with E-state index in [9.17, 15) is 20.3 Å². The number of β-amino-alcohol motifs (C(OH)–C–C–N with tert-alkyl or cyclic N) is 1. The maximum Gasteiger partial charge on any atom is 0.273 e. The summed E-state index contributed by atoms with van der Waals surface area (Å²) in [5, 5.41) is 30.4. The highest BCUT2D eigenvalue weighted by Crippen LogP contribution is 2.26. The quantitative estimate of drug-likeness (QED) is 0.635. The van der Waals surface area contributed by atoms with Crippen molar-refractivity contribution in [3.8, 4) is 0 Å². The summed E-state index contributed by atoms with van der Waals surface area (Å²) in [6, 6.07) is 6.64. The third-order valence-corrected chi connectivity index (χ3v) is 4.11. The number of rotatable bonds is 4. The fourth-order valence-electron chi connectivity index (χ4n) is 2.73. The minimum Gasteiger partial charge on any atom is -0.396 e. The molecule has 1 saturated heterocycles. The van der Waals surface area contributed by atoms with Crippen LogP contribution in [-0.2, 0) is 6.54 Å². The van der Waals surface area contributed by atoms with E-state index in [-0.39, 0.29) is 29.1 Å². The lowest BCUT2D eigenvalue weighted by molar-refractivity contribution is -0.385. The highest BCUT2D eigenvalue weighted by atomic mass is 16.6. The third-order valence-electron chi connectivity index (χ3n) is 4.11. The number of hydrogen-bond donors (Lipinski definition) is 2. The van der Waals surface area contributed by atoms with E-state index in [4.69, 9.17) is 0 Å². The topological polar surface area (TPSA) is 86.8 Å². The number of nitro groups is 1. The SMILES string of the molecule is C[C@@H]1[C@@H](CO)CN(Cc2ccccc2[N+](=O)[O-])C[C@H]1O. The first-order valence-electron chi connectivity index (χ1n) is 6.76. The number of aliphatic hydroxyl groups is 2. The summed E-state index contributed by atoms with van der Waals surface area (Å²) in [5.41, 5.74) is 0.733. The van der Waals surface area contributed by atoms with Gasteiger partial charge in [-0.25, -0.2) is 0 Å². The highest BCUT2D eigenvalue weighted by molar-refractivity contribution is 5.39. The predicted octanol–water partition coefficient (Wildman–Crippen LogP) is 1.02. The number of likely N-dealkylation sites (tertiary alicyclic amines) is 1. The van der Waals surface area contributed by atoms with Crippen LogP contribution in [0.1, 0.15) is 12.5 Å². The van der Waals surface area contributed by atoms with Gasteiger partial charge in [0.1, 0.15) is 0 Å². The number of piperidine rings is 1. The van der Waals surface area contributed by atoms with Gasteiger partial charge in [-0.15, -0.1) is 0 Å². The minimum absolute atomic E-state index is 0.00141. The molecular weight excluding hydrogens is 260 g/mol. The van der Waals surface area contributed by atoms with Gasteiger partial charge in [0.25, 0.3) is 5.69 Å². The molecule has 1 heterocycles. The molecule has 0 aliphatic carbocycles. The van der Waals surface area contributed by atoms with Gasteiger partial charge in [0, 0.05) is 37.9 Å². The Labute approximate surface area is 117 Å². The van der Waals surface area contributed by atoms with Crippen LogP contribution in [0.4, 0.5) is 5.69 Å². The van der Waals surface area contributed by atoms with E-state index >= 15 is 0 Å². The van der Waals surface area contributed by atoms with Gasteiger partial charge in [0.2, 0.25) is 0 Å².